The van der Waals surface area contributed by atoms with Gasteiger partial charge in [-0.1, -0.05) is 11.6 Å². The fourth-order valence-corrected chi connectivity index (χ4v) is 3.26. The Labute approximate surface area is 184 Å². The van der Waals surface area contributed by atoms with Gasteiger partial charge >= 0.3 is 0 Å². The molecule has 7 nitrogen and oxygen atoms in total. The van der Waals surface area contributed by atoms with E-state index in [0.29, 0.717) is 39.4 Å². The fourth-order valence-electron chi connectivity index (χ4n) is 3.13. The third-order valence-electron chi connectivity index (χ3n) is 4.70. The van der Waals surface area contributed by atoms with E-state index in [1.165, 1.54) is 0 Å². The number of nitrogens with zero attached hydrogens (tertiary/aromatic N) is 2. The molecule has 2 aromatic heterocycles. The number of carbonyl (C=O) groups is 1. The van der Waals surface area contributed by atoms with Crippen molar-refractivity contribution in [1.29, 1.82) is 0 Å². The van der Waals surface area contributed by atoms with Crippen molar-refractivity contribution in [3.05, 3.63) is 83.4 Å². The van der Waals surface area contributed by atoms with Crippen molar-refractivity contribution in [2.45, 2.75) is 6.54 Å². The van der Waals surface area contributed by atoms with E-state index in [0.717, 1.165) is 5.56 Å². The molecule has 1 N–H and O–H groups in total. The first-order valence-corrected chi connectivity index (χ1v) is 9.86. The van der Waals surface area contributed by atoms with Crippen LogP contribution in [-0.4, -0.2) is 29.9 Å². The molecule has 158 valence electrons. The summed E-state index contributed by atoms with van der Waals surface area (Å²) < 4.78 is 17.7. The summed E-state index contributed by atoms with van der Waals surface area (Å²) in [7, 11) is 3.16. The van der Waals surface area contributed by atoms with E-state index in [-0.39, 0.29) is 12.5 Å². The number of amides is 1. The van der Waals surface area contributed by atoms with Crippen LogP contribution in [0, 0.1) is 0 Å². The Kier molecular flexibility index (Phi) is 5.95. The van der Waals surface area contributed by atoms with Gasteiger partial charge in [-0.15, -0.1) is 0 Å². The summed E-state index contributed by atoms with van der Waals surface area (Å²) >= 11 is 6.03. The predicted octanol–water partition coefficient (Wildman–Crippen LogP) is 4.73. The number of nitrogens with one attached hydrogen (secondary N) is 1. The Morgan fingerprint density at radius 2 is 1.90 bits per heavy atom. The maximum Gasteiger partial charge on any atom is 0.270 e. The minimum Gasteiger partial charge on any atom is -0.497 e. The number of methoxy groups -OCH3 is 2. The highest BCUT2D eigenvalue weighted by Gasteiger charge is 2.20. The first kappa shape index (κ1) is 20.6. The number of rotatable bonds is 7. The van der Waals surface area contributed by atoms with E-state index in [1.807, 2.05) is 12.1 Å². The number of halogens is 1. The Balaban J connectivity index is 1.75. The summed E-state index contributed by atoms with van der Waals surface area (Å²) in [5.41, 5.74) is 2.38. The Morgan fingerprint density at radius 3 is 2.58 bits per heavy atom. The second-order valence-corrected chi connectivity index (χ2v) is 7.07. The molecular weight excluding hydrogens is 418 g/mol. The molecule has 8 heteroatoms. The fraction of sp³-hybridized carbons (Fsp3) is 0.130. The van der Waals surface area contributed by atoms with Crippen LogP contribution >= 0.6 is 11.6 Å². The van der Waals surface area contributed by atoms with Crippen LogP contribution in [-0.2, 0) is 6.54 Å². The van der Waals surface area contributed by atoms with Crippen molar-refractivity contribution in [1.82, 2.24) is 15.1 Å². The van der Waals surface area contributed by atoms with Crippen LogP contribution in [0.5, 0.6) is 11.5 Å². The highest BCUT2D eigenvalue weighted by atomic mass is 35.5. The zero-order valence-electron chi connectivity index (χ0n) is 17.0. The molecule has 0 bridgehead atoms. The van der Waals surface area contributed by atoms with E-state index in [9.17, 15) is 4.79 Å². The zero-order valence-corrected chi connectivity index (χ0v) is 17.7. The van der Waals surface area contributed by atoms with Crippen molar-refractivity contribution in [2.24, 2.45) is 0 Å². The molecule has 0 saturated heterocycles. The highest BCUT2D eigenvalue weighted by Crippen LogP contribution is 2.33. The van der Waals surface area contributed by atoms with Gasteiger partial charge in [-0.3, -0.25) is 4.79 Å². The first-order chi connectivity index (χ1) is 15.1. The summed E-state index contributed by atoms with van der Waals surface area (Å²) in [6, 6.07) is 17.8. The third kappa shape index (κ3) is 4.41. The van der Waals surface area contributed by atoms with Gasteiger partial charge in [0.2, 0.25) is 0 Å². The molecular formula is C23H20ClN3O4. The van der Waals surface area contributed by atoms with Crippen molar-refractivity contribution in [3.63, 3.8) is 0 Å². The molecule has 0 aliphatic heterocycles. The summed E-state index contributed by atoms with van der Waals surface area (Å²) in [6.45, 7) is 0.263. The predicted molar refractivity (Wildman–Crippen MR) is 117 cm³/mol. The number of hydrogen-bond acceptors (Lipinski definition) is 5. The number of carbonyl (C=O) groups excluding carboxylic acids is 1. The van der Waals surface area contributed by atoms with Crippen molar-refractivity contribution < 1.29 is 18.7 Å². The van der Waals surface area contributed by atoms with Crippen molar-refractivity contribution >= 4 is 17.5 Å². The average Bonchev–Trinajstić information content (AvgIpc) is 3.48. The molecule has 1 amide bonds. The SMILES string of the molecule is COc1ccc(-c2cc(C(=O)NCc3ccco3)n(-c3ccc(Cl)cc3)n2)c(OC)c1. The van der Waals surface area contributed by atoms with Crippen LogP contribution in [0.4, 0.5) is 0 Å². The van der Waals surface area contributed by atoms with Crippen LogP contribution in [0.15, 0.2) is 71.3 Å². The van der Waals surface area contributed by atoms with Crippen LogP contribution in [0.3, 0.4) is 0 Å². The largest absolute Gasteiger partial charge is 0.497 e. The number of aromatic nitrogens is 2. The minimum atomic E-state index is -0.294. The lowest BCUT2D eigenvalue weighted by molar-refractivity contribution is 0.0940. The topological polar surface area (TPSA) is 78.5 Å². The summed E-state index contributed by atoms with van der Waals surface area (Å²) in [6.07, 6.45) is 1.56. The molecule has 2 heterocycles. The monoisotopic (exact) mass is 437 g/mol. The van der Waals surface area contributed by atoms with E-state index in [2.05, 4.69) is 10.4 Å². The van der Waals surface area contributed by atoms with E-state index in [1.54, 1.807) is 73.7 Å². The van der Waals surface area contributed by atoms with Crippen molar-refractivity contribution in [2.75, 3.05) is 14.2 Å². The summed E-state index contributed by atoms with van der Waals surface area (Å²) in [4.78, 5) is 13.0. The number of benzene rings is 2. The maximum atomic E-state index is 13.0. The zero-order chi connectivity index (χ0) is 21.8. The standard InChI is InChI=1S/C23H20ClN3O4/c1-29-17-9-10-19(22(12-17)30-2)20-13-21(23(28)25-14-18-4-3-11-31-18)27(26-20)16-7-5-15(24)6-8-16/h3-13H,14H2,1-2H3,(H,25,28). The molecule has 4 aromatic rings. The Bertz CT molecular complexity index is 1180. The molecule has 0 aliphatic rings. The van der Waals surface area contributed by atoms with Gasteiger partial charge < -0.3 is 19.2 Å². The van der Waals surface area contributed by atoms with E-state index < -0.39 is 0 Å². The summed E-state index contributed by atoms with van der Waals surface area (Å²) in [5, 5.41) is 8.14. The first-order valence-electron chi connectivity index (χ1n) is 9.48. The molecule has 0 unspecified atom stereocenters. The molecule has 4 rings (SSSR count). The summed E-state index contributed by atoms with van der Waals surface area (Å²) in [5.74, 6) is 1.61. The molecule has 0 radical (unpaired) electrons. The smallest absolute Gasteiger partial charge is 0.270 e. The van der Waals surface area contributed by atoms with Crippen molar-refractivity contribution in [3.8, 4) is 28.4 Å². The van der Waals surface area contributed by atoms with Crippen LogP contribution < -0.4 is 14.8 Å². The number of ether oxygens (including phenoxy) is 2. The maximum absolute atomic E-state index is 13.0. The second kappa shape index (κ2) is 8.97. The quantitative estimate of drug-likeness (QED) is 0.452. The van der Waals surface area contributed by atoms with Gasteiger partial charge in [0.25, 0.3) is 5.91 Å². The molecule has 0 saturated carbocycles. The lowest BCUT2D eigenvalue weighted by Crippen LogP contribution is -2.25. The van der Waals surface area contributed by atoms with Gasteiger partial charge in [-0.05, 0) is 54.6 Å². The van der Waals surface area contributed by atoms with Crippen LogP contribution in [0.25, 0.3) is 16.9 Å². The van der Waals surface area contributed by atoms with Crippen LogP contribution in [0.2, 0.25) is 5.02 Å². The Morgan fingerprint density at radius 1 is 1.10 bits per heavy atom. The second-order valence-electron chi connectivity index (χ2n) is 6.63. The highest BCUT2D eigenvalue weighted by molar-refractivity contribution is 6.30. The van der Waals surface area contributed by atoms with Gasteiger partial charge in [0.1, 0.15) is 23.0 Å². The molecule has 0 spiro atoms. The molecule has 0 fully saturated rings. The lowest BCUT2D eigenvalue weighted by atomic mass is 10.1. The normalized spacial score (nSPS) is 10.7. The van der Waals surface area contributed by atoms with Gasteiger partial charge in [0, 0.05) is 16.7 Å². The van der Waals surface area contributed by atoms with E-state index in [4.69, 9.17) is 25.5 Å². The third-order valence-corrected chi connectivity index (χ3v) is 4.95. The molecule has 2 aromatic carbocycles. The average molecular weight is 438 g/mol. The number of hydrogen-bond donors (Lipinski definition) is 1. The van der Waals surface area contributed by atoms with Gasteiger partial charge in [-0.2, -0.15) is 5.10 Å². The van der Waals surface area contributed by atoms with Gasteiger partial charge in [0.05, 0.1) is 38.4 Å². The Hall–Kier alpha value is -3.71. The van der Waals surface area contributed by atoms with Gasteiger partial charge in [-0.25, -0.2) is 4.68 Å². The van der Waals surface area contributed by atoms with Crippen LogP contribution in [0.1, 0.15) is 16.2 Å². The molecule has 0 aliphatic carbocycles. The van der Waals surface area contributed by atoms with Gasteiger partial charge in [0.15, 0.2) is 0 Å². The number of furan rings is 1. The minimum absolute atomic E-state index is 0.263. The molecule has 0 atom stereocenters. The molecule has 31 heavy (non-hydrogen) atoms. The lowest BCUT2D eigenvalue weighted by Gasteiger charge is -2.09. The van der Waals surface area contributed by atoms with E-state index >= 15 is 0 Å².